The van der Waals surface area contributed by atoms with E-state index in [9.17, 15) is 18.0 Å². The summed E-state index contributed by atoms with van der Waals surface area (Å²) in [6.07, 6.45) is 2.21. The van der Waals surface area contributed by atoms with Crippen LogP contribution in [0.15, 0.2) is 53.6 Å². The van der Waals surface area contributed by atoms with Gasteiger partial charge in [-0.2, -0.15) is 5.10 Å². The Morgan fingerprint density at radius 2 is 1.76 bits per heavy atom. The maximum Gasteiger partial charge on any atom is 0.336 e. The number of amides is 1. The minimum absolute atomic E-state index is 0.0357. The number of carboxylic acids is 1. The number of sulfonamides is 1. The Bertz CT molecular complexity index is 1010. The molecule has 29 heavy (non-hydrogen) atoms. The molecule has 1 amide bonds. The first-order valence-corrected chi connectivity index (χ1v) is 10.7. The van der Waals surface area contributed by atoms with Crippen LogP contribution in [0.4, 0.5) is 5.69 Å². The van der Waals surface area contributed by atoms with Crippen molar-refractivity contribution in [3.8, 4) is 0 Å². The van der Waals surface area contributed by atoms with Gasteiger partial charge in [-0.15, -0.1) is 0 Å². The number of carbonyl (C=O) groups excluding carboxylic acids is 1. The van der Waals surface area contributed by atoms with Crippen molar-refractivity contribution in [1.82, 2.24) is 5.43 Å². The topological polar surface area (TPSA) is 116 Å². The molecule has 8 nitrogen and oxygen atoms in total. The number of nitrogens with one attached hydrogen (secondary N) is 1. The van der Waals surface area contributed by atoms with E-state index in [0.29, 0.717) is 17.2 Å². The van der Waals surface area contributed by atoms with Gasteiger partial charge >= 0.3 is 5.97 Å². The van der Waals surface area contributed by atoms with Gasteiger partial charge < -0.3 is 5.11 Å². The molecule has 0 bridgehead atoms. The van der Waals surface area contributed by atoms with Crippen molar-refractivity contribution >= 4 is 33.8 Å². The third kappa shape index (κ3) is 6.15. The van der Waals surface area contributed by atoms with Crippen molar-refractivity contribution in [3.05, 3.63) is 65.2 Å². The average molecular weight is 417 g/mol. The molecule has 0 fully saturated rings. The lowest BCUT2D eigenvalue weighted by molar-refractivity contribution is -0.119. The Morgan fingerprint density at radius 1 is 1.14 bits per heavy atom. The van der Waals surface area contributed by atoms with Gasteiger partial charge in [0, 0.05) is 5.56 Å². The fraction of sp³-hybridized carbons (Fsp3) is 0.250. The minimum Gasteiger partial charge on any atom is -0.478 e. The van der Waals surface area contributed by atoms with Crippen LogP contribution in [-0.4, -0.2) is 44.4 Å². The van der Waals surface area contributed by atoms with Crippen LogP contribution in [0.1, 0.15) is 41.3 Å². The molecule has 0 radical (unpaired) electrons. The highest BCUT2D eigenvalue weighted by Crippen LogP contribution is 2.21. The van der Waals surface area contributed by atoms with Crippen LogP contribution in [-0.2, 0) is 14.8 Å². The van der Waals surface area contributed by atoms with Gasteiger partial charge in [-0.05, 0) is 29.7 Å². The predicted octanol–water partition coefficient (Wildman–Crippen LogP) is 2.42. The third-order valence-corrected chi connectivity index (χ3v) is 5.26. The number of aromatic carboxylic acids is 1. The van der Waals surface area contributed by atoms with Gasteiger partial charge in [0.25, 0.3) is 5.91 Å². The number of rotatable bonds is 8. The second-order valence-corrected chi connectivity index (χ2v) is 8.61. The summed E-state index contributed by atoms with van der Waals surface area (Å²) in [5.41, 5.74) is 3.99. The van der Waals surface area contributed by atoms with Gasteiger partial charge in [0.2, 0.25) is 10.0 Å². The zero-order valence-corrected chi connectivity index (χ0v) is 17.2. The van der Waals surface area contributed by atoms with E-state index in [0.717, 1.165) is 16.1 Å². The summed E-state index contributed by atoms with van der Waals surface area (Å²) < 4.78 is 25.3. The third-order valence-electron chi connectivity index (χ3n) is 4.12. The van der Waals surface area contributed by atoms with Gasteiger partial charge in [-0.3, -0.25) is 9.10 Å². The molecule has 0 aliphatic carbocycles. The van der Waals surface area contributed by atoms with Crippen molar-refractivity contribution in [2.75, 3.05) is 17.1 Å². The zero-order chi connectivity index (χ0) is 21.6. The van der Waals surface area contributed by atoms with E-state index in [-0.39, 0.29) is 5.56 Å². The highest BCUT2D eigenvalue weighted by Gasteiger charge is 2.21. The Hall–Kier alpha value is -3.20. The largest absolute Gasteiger partial charge is 0.478 e. The van der Waals surface area contributed by atoms with Crippen molar-refractivity contribution in [1.29, 1.82) is 0 Å². The Morgan fingerprint density at radius 3 is 2.31 bits per heavy atom. The highest BCUT2D eigenvalue weighted by molar-refractivity contribution is 7.92. The molecule has 0 saturated heterocycles. The minimum atomic E-state index is -3.70. The normalized spacial score (nSPS) is 11.6. The summed E-state index contributed by atoms with van der Waals surface area (Å²) in [5.74, 6) is -1.49. The van der Waals surface area contributed by atoms with E-state index in [1.54, 1.807) is 24.3 Å². The van der Waals surface area contributed by atoms with Gasteiger partial charge in [0.05, 0.1) is 23.7 Å². The molecule has 0 aromatic heterocycles. The van der Waals surface area contributed by atoms with Crippen LogP contribution < -0.4 is 9.73 Å². The van der Waals surface area contributed by atoms with Gasteiger partial charge in [-0.1, -0.05) is 44.2 Å². The summed E-state index contributed by atoms with van der Waals surface area (Å²) in [7, 11) is -3.70. The lowest BCUT2D eigenvalue weighted by Crippen LogP contribution is -2.39. The monoisotopic (exact) mass is 417 g/mol. The van der Waals surface area contributed by atoms with Crippen molar-refractivity contribution in [2.45, 2.75) is 19.8 Å². The molecule has 0 atom stereocenters. The summed E-state index contributed by atoms with van der Waals surface area (Å²) in [6.45, 7) is 3.59. The maximum absolute atomic E-state index is 12.2. The van der Waals surface area contributed by atoms with Crippen LogP contribution in [0, 0.1) is 0 Å². The number of carbonyl (C=O) groups is 2. The summed E-state index contributed by atoms with van der Waals surface area (Å²) in [4.78, 5) is 23.4. The lowest BCUT2D eigenvalue weighted by Gasteiger charge is -2.21. The summed E-state index contributed by atoms with van der Waals surface area (Å²) in [5, 5.41) is 12.9. The molecule has 2 rings (SSSR count). The quantitative estimate of drug-likeness (QED) is 0.505. The first-order valence-electron chi connectivity index (χ1n) is 8.81. The molecular formula is C20H23N3O5S. The molecule has 0 heterocycles. The number of benzene rings is 2. The average Bonchev–Trinajstić information content (AvgIpc) is 2.65. The summed E-state index contributed by atoms with van der Waals surface area (Å²) >= 11 is 0. The Kier molecular flexibility index (Phi) is 7.11. The molecule has 2 N–H and O–H groups in total. The first kappa shape index (κ1) is 22.1. The fourth-order valence-electron chi connectivity index (χ4n) is 2.57. The van der Waals surface area contributed by atoms with E-state index in [1.807, 2.05) is 26.0 Å². The molecule has 0 aliphatic rings. The van der Waals surface area contributed by atoms with Crippen molar-refractivity contribution in [3.63, 3.8) is 0 Å². The van der Waals surface area contributed by atoms with Crippen molar-refractivity contribution in [2.24, 2.45) is 5.10 Å². The van der Waals surface area contributed by atoms with E-state index in [4.69, 9.17) is 5.11 Å². The van der Waals surface area contributed by atoms with E-state index >= 15 is 0 Å². The highest BCUT2D eigenvalue weighted by atomic mass is 32.2. The molecule has 0 unspecified atom stereocenters. The van der Waals surface area contributed by atoms with E-state index < -0.39 is 28.4 Å². The van der Waals surface area contributed by atoms with Crippen LogP contribution in [0.5, 0.6) is 0 Å². The molecule has 2 aromatic rings. The number of anilines is 1. The molecule has 2 aromatic carbocycles. The standard InChI is InChI=1S/C20H23N3O5S/c1-14(2)15-8-10-17(11-9-15)23(29(3,27)28)13-19(24)22-21-12-16-6-4-5-7-18(16)20(25)26/h4-12,14H,13H2,1-3H3,(H,22,24)(H,25,26)/b21-12-. The molecule has 0 spiro atoms. The number of carboxylic acid groups (broad SMARTS) is 1. The van der Waals surface area contributed by atoms with Crippen LogP contribution >= 0.6 is 0 Å². The molecular weight excluding hydrogens is 394 g/mol. The second-order valence-electron chi connectivity index (χ2n) is 6.70. The van der Waals surface area contributed by atoms with Gasteiger partial charge in [0.1, 0.15) is 6.54 Å². The number of hydrogen-bond donors (Lipinski definition) is 2. The van der Waals surface area contributed by atoms with Crippen LogP contribution in [0.2, 0.25) is 0 Å². The SMILES string of the molecule is CC(C)c1ccc(N(CC(=O)N/N=C\c2ccccc2C(=O)O)S(C)(=O)=O)cc1. The second kappa shape index (κ2) is 9.33. The van der Waals surface area contributed by atoms with Crippen LogP contribution in [0.25, 0.3) is 0 Å². The Labute approximate surface area is 169 Å². The smallest absolute Gasteiger partial charge is 0.336 e. The fourth-order valence-corrected chi connectivity index (χ4v) is 3.43. The van der Waals surface area contributed by atoms with Gasteiger partial charge in [0.15, 0.2) is 0 Å². The van der Waals surface area contributed by atoms with Crippen LogP contribution in [0.3, 0.4) is 0 Å². The molecule has 0 saturated carbocycles. The zero-order valence-electron chi connectivity index (χ0n) is 16.4. The molecule has 154 valence electrons. The Balaban J connectivity index is 2.12. The maximum atomic E-state index is 12.2. The van der Waals surface area contributed by atoms with E-state index in [2.05, 4.69) is 10.5 Å². The van der Waals surface area contributed by atoms with Gasteiger partial charge in [-0.25, -0.2) is 18.6 Å². The molecule has 9 heteroatoms. The number of hydrazone groups is 1. The van der Waals surface area contributed by atoms with E-state index in [1.165, 1.54) is 18.3 Å². The summed E-state index contributed by atoms with van der Waals surface area (Å²) in [6, 6.07) is 13.1. The number of hydrogen-bond acceptors (Lipinski definition) is 5. The predicted molar refractivity (Wildman–Crippen MR) is 112 cm³/mol. The van der Waals surface area contributed by atoms with Crippen molar-refractivity contribution < 1.29 is 23.1 Å². The number of nitrogens with zero attached hydrogens (tertiary/aromatic N) is 2. The molecule has 0 aliphatic heterocycles. The first-order chi connectivity index (χ1) is 13.6. The lowest BCUT2D eigenvalue weighted by atomic mass is 10.0.